The fraction of sp³-hybridized carbons (Fsp3) is 0.357. The number of thiophene rings is 1. The number of nitrogens with zero attached hydrogens (tertiary/aromatic N) is 1. The lowest BCUT2D eigenvalue weighted by Gasteiger charge is -2.15. The third kappa shape index (κ3) is 4.37. The van der Waals surface area contributed by atoms with Gasteiger partial charge in [0, 0.05) is 22.4 Å². The molecule has 112 valence electrons. The summed E-state index contributed by atoms with van der Waals surface area (Å²) in [6.45, 7) is 1.96. The molecule has 21 heavy (non-hydrogen) atoms. The molecule has 0 aliphatic carbocycles. The highest BCUT2D eigenvalue weighted by atomic mass is 32.1. The molecule has 0 aromatic carbocycles. The molecule has 2 rings (SSSR count). The Kier molecular flexibility index (Phi) is 5.46. The van der Waals surface area contributed by atoms with Gasteiger partial charge in [-0.25, -0.2) is 4.98 Å². The molecule has 0 radical (unpaired) electrons. The SMILES string of the molecule is CCCC(CC(=O)O)NC(=O)c1csc(-c2ccsc2)n1. The summed E-state index contributed by atoms with van der Waals surface area (Å²) in [6, 6.07) is 1.60. The van der Waals surface area contributed by atoms with Crippen LogP contribution in [-0.4, -0.2) is 28.0 Å². The minimum Gasteiger partial charge on any atom is -0.481 e. The van der Waals surface area contributed by atoms with Gasteiger partial charge in [-0.15, -0.1) is 11.3 Å². The van der Waals surface area contributed by atoms with Crippen LogP contribution in [0.15, 0.2) is 22.2 Å². The summed E-state index contributed by atoms with van der Waals surface area (Å²) in [5.41, 5.74) is 1.34. The number of aromatic nitrogens is 1. The third-order valence-corrected chi connectivity index (χ3v) is 4.47. The second-order valence-corrected chi connectivity index (χ2v) is 6.24. The summed E-state index contributed by atoms with van der Waals surface area (Å²) in [5.74, 6) is -1.22. The predicted octanol–water partition coefficient (Wildman–Crippen LogP) is 3.24. The average Bonchev–Trinajstić information content (AvgIpc) is 3.09. The molecule has 5 nitrogen and oxygen atoms in total. The summed E-state index contributed by atoms with van der Waals surface area (Å²) in [5, 5.41) is 18.0. The fourth-order valence-corrected chi connectivity index (χ4v) is 3.45. The summed E-state index contributed by atoms with van der Waals surface area (Å²) < 4.78 is 0. The van der Waals surface area contributed by atoms with Crippen molar-refractivity contribution in [1.29, 1.82) is 0 Å². The number of rotatable bonds is 7. The Balaban J connectivity index is 2.03. The summed E-state index contributed by atoms with van der Waals surface area (Å²) >= 11 is 2.99. The highest BCUT2D eigenvalue weighted by Gasteiger charge is 2.18. The molecule has 1 unspecified atom stereocenters. The number of carbonyl (C=O) groups excluding carboxylic acids is 1. The zero-order chi connectivity index (χ0) is 15.2. The first kappa shape index (κ1) is 15.7. The Labute approximate surface area is 130 Å². The summed E-state index contributed by atoms with van der Waals surface area (Å²) in [6.07, 6.45) is 1.39. The average molecular weight is 324 g/mol. The second kappa shape index (κ2) is 7.33. The van der Waals surface area contributed by atoms with Crippen LogP contribution in [0.3, 0.4) is 0 Å². The Morgan fingerprint density at radius 2 is 2.24 bits per heavy atom. The van der Waals surface area contributed by atoms with Gasteiger partial charge in [0.15, 0.2) is 0 Å². The van der Waals surface area contributed by atoms with Gasteiger partial charge in [0.25, 0.3) is 5.91 Å². The quantitative estimate of drug-likeness (QED) is 0.819. The number of nitrogens with one attached hydrogen (secondary N) is 1. The molecular formula is C14H16N2O3S2. The lowest BCUT2D eigenvalue weighted by molar-refractivity contribution is -0.137. The molecule has 0 saturated heterocycles. The topological polar surface area (TPSA) is 79.3 Å². The molecule has 2 aromatic rings. The van der Waals surface area contributed by atoms with Gasteiger partial charge in [0.1, 0.15) is 10.7 Å². The van der Waals surface area contributed by atoms with Crippen molar-refractivity contribution >= 4 is 34.6 Å². The van der Waals surface area contributed by atoms with Crippen LogP contribution < -0.4 is 5.32 Å². The minimum atomic E-state index is -0.911. The normalized spacial score (nSPS) is 12.0. The van der Waals surface area contributed by atoms with E-state index < -0.39 is 5.97 Å². The summed E-state index contributed by atoms with van der Waals surface area (Å²) in [7, 11) is 0. The van der Waals surface area contributed by atoms with E-state index in [9.17, 15) is 9.59 Å². The van der Waals surface area contributed by atoms with E-state index in [4.69, 9.17) is 5.11 Å². The van der Waals surface area contributed by atoms with Crippen molar-refractivity contribution in [1.82, 2.24) is 10.3 Å². The molecule has 1 atom stereocenters. The van der Waals surface area contributed by atoms with Crippen LogP contribution in [0.1, 0.15) is 36.7 Å². The van der Waals surface area contributed by atoms with Crippen molar-refractivity contribution in [2.24, 2.45) is 0 Å². The third-order valence-electron chi connectivity index (χ3n) is 2.90. The molecular weight excluding hydrogens is 308 g/mol. The maximum atomic E-state index is 12.1. The Hall–Kier alpha value is -1.73. The smallest absolute Gasteiger partial charge is 0.305 e. The first-order valence-electron chi connectivity index (χ1n) is 6.61. The largest absolute Gasteiger partial charge is 0.481 e. The van der Waals surface area contributed by atoms with E-state index in [2.05, 4.69) is 10.3 Å². The van der Waals surface area contributed by atoms with Crippen LogP contribution in [0.25, 0.3) is 10.6 Å². The molecule has 0 saturated carbocycles. The molecule has 2 heterocycles. The zero-order valence-electron chi connectivity index (χ0n) is 11.5. The van der Waals surface area contributed by atoms with E-state index >= 15 is 0 Å². The van der Waals surface area contributed by atoms with Crippen molar-refractivity contribution in [3.8, 4) is 10.6 Å². The lowest BCUT2D eigenvalue weighted by atomic mass is 10.1. The van der Waals surface area contributed by atoms with Crippen molar-refractivity contribution < 1.29 is 14.7 Å². The standard InChI is InChI=1S/C14H16N2O3S2/c1-2-3-10(6-12(17)18)15-13(19)11-8-21-14(16-11)9-4-5-20-7-9/h4-5,7-8,10H,2-3,6H2,1H3,(H,15,19)(H,17,18). The monoisotopic (exact) mass is 324 g/mol. The van der Waals surface area contributed by atoms with E-state index in [0.29, 0.717) is 12.1 Å². The lowest BCUT2D eigenvalue weighted by Crippen LogP contribution is -2.36. The molecule has 2 N–H and O–H groups in total. The van der Waals surface area contributed by atoms with E-state index in [1.807, 2.05) is 23.8 Å². The van der Waals surface area contributed by atoms with Crippen molar-refractivity contribution in [2.75, 3.05) is 0 Å². The Bertz CT molecular complexity index is 608. The first-order valence-corrected chi connectivity index (χ1v) is 8.43. The van der Waals surface area contributed by atoms with Crippen LogP contribution in [-0.2, 0) is 4.79 Å². The first-order chi connectivity index (χ1) is 10.1. The van der Waals surface area contributed by atoms with Gasteiger partial charge in [-0.2, -0.15) is 11.3 Å². The number of amides is 1. The second-order valence-electron chi connectivity index (χ2n) is 4.61. The van der Waals surface area contributed by atoms with Gasteiger partial charge in [-0.1, -0.05) is 13.3 Å². The zero-order valence-corrected chi connectivity index (χ0v) is 13.2. The van der Waals surface area contributed by atoms with Gasteiger partial charge >= 0.3 is 5.97 Å². The van der Waals surface area contributed by atoms with Crippen LogP contribution in [0.5, 0.6) is 0 Å². The predicted molar refractivity (Wildman–Crippen MR) is 83.8 cm³/mol. The summed E-state index contributed by atoms with van der Waals surface area (Å²) in [4.78, 5) is 27.2. The number of carbonyl (C=O) groups is 2. The Morgan fingerprint density at radius 1 is 1.43 bits per heavy atom. The molecule has 0 aliphatic heterocycles. The van der Waals surface area contributed by atoms with Gasteiger partial charge < -0.3 is 10.4 Å². The minimum absolute atomic E-state index is 0.0683. The number of hydrogen-bond donors (Lipinski definition) is 2. The molecule has 0 aliphatic rings. The number of aliphatic carboxylic acids is 1. The van der Waals surface area contributed by atoms with Crippen LogP contribution in [0.4, 0.5) is 0 Å². The maximum absolute atomic E-state index is 12.1. The van der Waals surface area contributed by atoms with E-state index in [0.717, 1.165) is 17.0 Å². The van der Waals surface area contributed by atoms with Gasteiger partial charge in [0.2, 0.25) is 0 Å². The van der Waals surface area contributed by atoms with Gasteiger partial charge in [0.05, 0.1) is 6.42 Å². The number of hydrogen-bond acceptors (Lipinski definition) is 5. The molecule has 1 amide bonds. The Morgan fingerprint density at radius 3 is 2.86 bits per heavy atom. The molecule has 7 heteroatoms. The van der Waals surface area contributed by atoms with Crippen molar-refractivity contribution in [3.05, 3.63) is 27.9 Å². The highest BCUT2D eigenvalue weighted by Crippen LogP contribution is 2.25. The van der Waals surface area contributed by atoms with Crippen LogP contribution in [0.2, 0.25) is 0 Å². The van der Waals surface area contributed by atoms with Crippen molar-refractivity contribution in [3.63, 3.8) is 0 Å². The van der Waals surface area contributed by atoms with Crippen LogP contribution in [0, 0.1) is 0 Å². The number of carboxylic acid groups (broad SMARTS) is 1. The highest BCUT2D eigenvalue weighted by molar-refractivity contribution is 7.14. The van der Waals surface area contributed by atoms with Gasteiger partial charge in [-0.3, -0.25) is 9.59 Å². The van der Waals surface area contributed by atoms with E-state index in [1.54, 1.807) is 16.7 Å². The van der Waals surface area contributed by atoms with E-state index in [1.165, 1.54) is 11.3 Å². The number of thiazole rings is 1. The van der Waals surface area contributed by atoms with E-state index in [-0.39, 0.29) is 18.4 Å². The van der Waals surface area contributed by atoms with Crippen molar-refractivity contribution in [2.45, 2.75) is 32.2 Å². The molecule has 0 fully saturated rings. The maximum Gasteiger partial charge on any atom is 0.305 e. The molecule has 2 aromatic heterocycles. The fourth-order valence-electron chi connectivity index (χ4n) is 1.94. The van der Waals surface area contributed by atoms with Crippen LogP contribution >= 0.6 is 22.7 Å². The molecule has 0 bridgehead atoms. The molecule has 0 spiro atoms. The number of carboxylic acids is 1. The van der Waals surface area contributed by atoms with Gasteiger partial charge in [-0.05, 0) is 17.9 Å².